The van der Waals surface area contributed by atoms with Gasteiger partial charge in [-0.3, -0.25) is 9.65 Å². The lowest BCUT2D eigenvalue weighted by Gasteiger charge is -2.16. The van der Waals surface area contributed by atoms with Gasteiger partial charge in [0.1, 0.15) is 0 Å². The smallest absolute Gasteiger partial charge is 0.416 e. The summed E-state index contributed by atoms with van der Waals surface area (Å²) < 4.78 is 46.8. The van der Waals surface area contributed by atoms with E-state index in [4.69, 9.17) is 4.89 Å². The van der Waals surface area contributed by atoms with Crippen LogP contribution in [0.5, 0.6) is 0 Å². The summed E-state index contributed by atoms with van der Waals surface area (Å²) in [7, 11) is -4.60. The first-order valence-electron chi connectivity index (χ1n) is 4.13. The van der Waals surface area contributed by atoms with Crippen LogP contribution in [-0.2, 0) is 17.3 Å². The topological polar surface area (TPSA) is 72.4 Å². The molecule has 0 fully saturated rings. The van der Waals surface area contributed by atoms with Crippen molar-refractivity contribution in [2.75, 3.05) is 0 Å². The van der Waals surface area contributed by atoms with Crippen LogP contribution in [0.3, 0.4) is 0 Å². The monoisotopic (exact) mass is 254 g/mol. The highest BCUT2D eigenvalue weighted by molar-refractivity contribution is 7.47. The first kappa shape index (κ1) is 13.2. The van der Waals surface area contributed by atoms with Crippen molar-refractivity contribution in [1.29, 1.82) is 0 Å². The predicted molar refractivity (Wildman–Crippen MR) is 48.1 cm³/mol. The second kappa shape index (κ2) is 4.55. The molecule has 0 saturated heterocycles. The molecule has 1 atom stereocenters. The van der Waals surface area contributed by atoms with Crippen molar-refractivity contribution in [3.63, 3.8) is 0 Å². The van der Waals surface area contributed by atoms with Crippen LogP contribution in [0, 0.1) is 0 Å². The van der Waals surface area contributed by atoms with Crippen molar-refractivity contribution in [3.8, 4) is 0 Å². The summed E-state index contributed by atoms with van der Waals surface area (Å²) in [6, 6.07) is 3.94. The van der Waals surface area contributed by atoms with Gasteiger partial charge in [0.25, 0.3) is 0 Å². The number of hydrogen-bond acceptors (Lipinski definition) is 2. The molecule has 0 aliphatic heterocycles. The van der Waals surface area contributed by atoms with Crippen molar-refractivity contribution in [3.05, 3.63) is 35.4 Å². The Morgan fingerprint density at radius 3 is 2.19 bits per heavy atom. The fourth-order valence-corrected chi connectivity index (χ4v) is 1.39. The van der Waals surface area contributed by atoms with Crippen molar-refractivity contribution < 1.29 is 27.5 Å². The molecule has 8 heteroatoms. The number of halogens is 3. The minimum Gasteiger partial charge on any atom is -0.766 e. The molecule has 1 unspecified atom stereocenters. The van der Waals surface area contributed by atoms with Gasteiger partial charge in [-0.15, -0.1) is 0 Å². The fourth-order valence-electron chi connectivity index (χ4n) is 1.00. The van der Waals surface area contributed by atoms with Crippen LogP contribution in [0.2, 0.25) is 0 Å². The molecule has 0 aliphatic carbocycles. The number of benzene rings is 1. The van der Waals surface area contributed by atoms with Gasteiger partial charge < -0.3 is 9.79 Å². The molecular formula is C8H8F3NO3P-. The lowest BCUT2D eigenvalue weighted by atomic mass is 10.1. The number of rotatable bonds is 3. The summed E-state index contributed by atoms with van der Waals surface area (Å²) in [6.45, 7) is -0.255. The fraction of sp³-hybridized carbons (Fsp3) is 0.250. The minimum absolute atomic E-state index is 0.255. The molecule has 1 aromatic carbocycles. The maximum atomic E-state index is 12.1. The molecule has 2 N–H and O–H groups in total. The van der Waals surface area contributed by atoms with Crippen LogP contribution in [0.1, 0.15) is 11.1 Å². The normalized spacial score (nSPS) is 15.8. The van der Waals surface area contributed by atoms with E-state index in [-0.39, 0.29) is 6.54 Å². The van der Waals surface area contributed by atoms with E-state index in [9.17, 15) is 22.6 Å². The van der Waals surface area contributed by atoms with E-state index < -0.39 is 19.5 Å². The highest BCUT2D eigenvalue weighted by Crippen LogP contribution is 2.29. The van der Waals surface area contributed by atoms with Crippen molar-refractivity contribution in [1.82, 2.24) is 5.09 Å². The largest absolute Gasteiger partial charge is 0.766 e. The van der Waals surface area contributed by atoms with Crippen LogP contribution >= 0.6 is 7.75 Å². The average Bonchev–Trinajstić information content (AvgIpc) is 2.13. The third kappa shape index (κ3) is 4.32. The molecule has 0 spiro atoms. The Morgan fingerprint density at radius 1 is 1.31 bits per heavy atom. The third-order valence-corrected chi connectivity index (χ3v) is 2.32. The molecule has 0 amide bonds. The lowest BCUT2D eigenvalue weighted by molar-refractivity contribution is -0.197. The molecule has 0 bridgehead atoms. The molecule has 0 radical (unpaired) electrons. The Kier molecular flexibility index (Phi) is 3.75. The Bertz CT molecular complexity index is 398. The van der Waals surface area contributed by atoms with Gasteiger partial charge in [-0.2, -0.15) is 13.2 Å². The van der Waals surface area contributed by atoms with Gasteiger partial charge in [-0.05, 0) is 17.7 Å². The van der Waals surface area contributed by atoms with E-state index in [0.29, 0.717) is 5.56 Å². The Balaban J connectivity index is 2.69. The molecule has 0 aromatic heterocycles. The molecule has 0 aliphatic rings. The Hall–Kier alpha value is -0.880. The molecule has 16 heavy (non-hydrogen) atoms. The number of nitrogens with one attached hydrogen (secondary N) is 1. The van der Waals surface area contributed by atoms with Gasteiger partial charge in [0.15, 0.2) is 0 Å². The molecule has 1 rings (SSSR count). The zero-order chi connectivity index (χ0) is 12.4. The predicted octanol–water partition coefficient (Wildman–Crippen LogP) is 1.26. The van der Waals surface area contributed by atoms with Crippen molar-refractivity contribution in [2.45, 2.75) is 12.7 Å². The van der Waals surface area contributed by atoms with Crippen LogP contribution in [0.4, 0.5) is 13.2 Å². The van der Waals surface area contributed by atoms with Gasteiger partial charge in [-0.1, -0.05) is 12.1 Å². The average molecular weight is 254 g/mol. The first-order chi connectivity index (χ1) is 7.18. The Morgan fingerprint density at radius 2 is 1.81 bits per heavy atom. The van der Waals surface area contributed by atoms with Crippen molar-refractivity contribution in [2.24, 2.45) is 0 Å². The maximum Gasteiger partial charge on any atom is 0.416 e. The van der Waals surface area contributed by atoms with E-state index >= 15 is 0 Å². The van der Waals surface area contributed by atoms with Gasteiger partial charge in [-0.25, -0.2) is 0 Å². The minimum atomic E-state index is -4.60. The molecular weight excluding hydrogens is 246 g/mol. The van der Waals surface area contributed by atoms with Gasteiger partial charge in [0.05, 0.1) is 5.56 Å². The summed E-state index contributed by atoms with van der Waals surface area (Å²) in [6.07, 6.45) is -4.42. The van der Waals surface area contributed by atoms with Crippen LogP contribution in [0.15, 0.2) is 24.3 Å². The standard InChI is InChI=1S/C8H9F3NO3P/c9-8(10,11)7-3-1-6(2-4-7)5-12-16(13,14)15/h1-4H,5H2,(H3,12,13,14,15)/p-1. The molecule has 0 heterocycles. The summed E-state index contributed by atoms with van der Waals surface area (Å²) in [4.78, 5) is 18.7. The lowest BCUT2D eigenvalue weighted by Crippen LogP contribution is -2.18. The third-order valence-electron chi connectivity index (χ3n) is 1.76. The molecule has 0 saturated carbocycles. The highest BCUT2D eigenvalue weighted by atomic mass is 31.2. The summed E-state index contributed by atoms with van der Waals surface area (Å²) in [5.41, 5.74) is -0.497. The molecule has 1 aromatic rings. The SMILES string of the molecule is O=P([O-])(O)NCc1ccc(C(F)(F)F)cc1. The molecule has 4 nitrogen and oxygen atoms in total. The summed E-state index contributed by atoms with van der Waals surface area (Å²) in [5.74, 6) is 0. The van der Waals surface area contributed by atoms with Crippen molar-refractivity contribution >= 4 is 7.75 Å². The zero-order valence-corrected chi connectivity index (χ0v) is 8.76. The van der Waals surface area contributed by atoms with E-state index in [1.54, 1.807) is 5.09 Å². The quantitative estimate of drug-likeness (QED) is 0.796. The van der Waals surface area contributed by atoms with Crippen LogP contribution in [0.25, 0.3) is 0 Å². The molecule has 90 valence electrons. The summed E-state index contributed by atoms with van der Waals surface area (Å²) >= 11 is 0. The number of alkyl halides is 3. The van der Waals surface area contributed by atoms with Gasteiger partial charge >= 0.3 is 6.18 Å². The summed E-state index contributed by atoms with van der Waals surface area (Å²) in [5, 5.41) is 1.77. The second-order valence-electron chi connectivity index (χ2n) is 3.05. The Labute approximate surface area is 89.3 Å². The second-order valence-corrected chi connectivity index (χ2v) is 4.41. The van der Waals surface area contributed by atoms with E-state index in [0.717, 1.165) is 24.3 Å². The van der Waals surface area contributed by atoms with E-state index in [1.165, 1.54) is 0 Å². The zero-order valence-electron chi connectivity index (χ0n) is 7.86. The van der Waals surface area contributed by atoms with E-state index in [1.807, 2.05) is 0 Å². The van der Waals surface area contributed by atoms with Gasteiger partial charge in [0.2, 0.25) is 7.75 Å². The maximum absolute atomic E-state index is 12.1. The number of hydrogen-bond donors (Lipinski definition) is 2. The van der Waals surface area contributed by atoms with E-state index in [2.05, 4.69) is 0 Å². The van der Waals surface area contributed by atoms with Crippen LogP contribution < -0.4 is 9.98 Å². The highest BCUT2D eigenvalue weighted by Gasteiger charge is 2.29. The van der Waals surface area contributed by atoms with Crippen LogP contribution in [-0.4, -0.2) is 4.89 Å². The van der Waals surface area contributed by atoms with Gasteiger partial charge in [0, 0.05) is 6.54 Å². The first-order valence-corrected chi connectivity index (χ1v) is 5.71.